The maximum absolute atomic E-state index is 15.9. The molecule has 3 aliphatic heterocycles. The lowest BCUT2D eigenvalue weighted by Crippen LogP contribution is -2.37. The van der Waals surface area contributed by atoms with Crippen molar-refractivity contribution in [3.8, 4) is 0 Å². The van der Waals surface area contributed by atoms with Crippen LogP contribution in [-0.2, 0) is 43.9 Å². The lowest BCUT2D eigenvalue weighted by Gasteiger charge is -2.25. The van der Waals surface area contributed by atoms with E-state index in [9.17, 15) is 14.6 Å². The van der Waals surface area contributed by atoms with Crippen molar-refractivity contribution in [3.63, 3.8) is 0 Å². The van der Waals surface area contributed by atoms with E-state index in [2.05, 4.69) is 29.9 Å². The first-order valence-corrected chi connectivity index (χ1v) is 16.2. The number of aromatic nitrogens is 8. The fraction of sp³-hybridized carbons (Fsp3) is 0.500. The minimum atomic E-state index is -4.17. The quantitative estimate of drug-likeness (QED) is 0.207. The van der Waals surface area contributed by atoms with Crippen LogP contribution in [0.5, 0.6) is 0 Å². The molecular formula is C20H22FN10O9P2S+. The van der Waals surface area contributed by atoms with E-state index in [1.54, 1.807) is 0 Å². The zero-order valence-electron chi connectivity index (χ0n) is 21.5. The Bertz CT molecular complexity index is 1770. The van der Waals surface area contributed by atoms with E-state index < -0.39 is 77.3 Å². The van der Waals surface area contributed by atoms with Gasteiger partial charge in [0.1, 0.15) is 54.7 Å². The SMILES string of the molecule is Nc1ncnc2c1ncn2[C@@H]1O[C@@H]2COP(O)(=S)O[C@H]3[C@@H](F)[C@H](n4cnc5c(N)ncnc54)O[C@@H]3CO[P+](=O)O[C@H]2[C@H]1O. The molecule has 4 aromatic rings. The number of imidazole rings is 2. The molecule has 0 aliphatic carbocycles. The Hall–Kier alpha value is -2.94. The highest BCUT2D eigenvalue weighted by Gasteiger charge is 2.55. The molecule has 0 amide bonds. The van der Waals surface area contributed by atoms with Gasteiger partial charge in [-0.3, -0.25) is 13.7 Å². The summed E-state index contributed by atoms with van der Waals surface area (Å²) in [5.41, 5.74) is 12.6. The number of hydrogen-bond donors (Lipinski definition) is 4. The van der Waals surface area contributed by atoms with E-state index in [0.717, 1.165) is 0 Å². The van der Waals surface area contributed by atoms with E-state index in [-0.39, 0.29) is 34.0 Å². The summed E-state index contributed by atoms with van der Waals surface area (Å²) >= 11 is 5.17. The third-order valence-corrected chi connectivity index (χ3v) is 9.44. The highest BCUT2D eigenvalue weighted by molar-refractivity contribution is 8.07. The number of anilines is 2. The summed E-state index contributed by atoms with van der Waals surface area (Å²) in [7, 11) is -2.92. The minimum absolute atomic E-state index is 0.0763. The highest BCUT2D eigenvalue weighted by Crippen LogP contribution is 2.51. The van der Waals surface area contributed by atoms with E-state index in [4.69, 9.17) is 50.8 Å². The molecule has 7 heterocycles. The number of aliphatic hydroxyl groups excluding tert-OH is 1. The molecule has 228 valence electrons. The van der Waals surface area contributed by atoms with Crippen molar-refractivity contribution in [2.24, 2.45) is 0 Å². The highest BCUT2D eigenvalue weighted by atomic mass is 32.5. The Kier molecular flexibility index (Phi) is 7.30. The first-order chi connectivity index (χ1) is 20.6. The normalized spacial score (nSPS) is 36.3. The Morgan fingerprint density at radius 3 is 2.16 bits per heavy atom. The number of halogens is 1. The van der Waals surface area contributed by atoms with E-state index in [0.29, 0.717) is 0 Å². The topological polar surface area (TPSA) is 252 Å². The van der Waals surface area contributed by atoms with Crippen LogP contribution >= 0.6 is 15.0 Å². The van der Waals surface area contributed by atoms with Crippen LogP contribution in [0.15, 0.2) is 25.3 Å². The van der Waals surface area contributed by atoms with E-state index >= 15 is 4.39 Å². The molecule has 4 aromatic heterocycles. The number of nitrogens with zero attached hydrogens (tertiary/aromatic N) is 8. The van der Waals surface area contributed by atoms with Crippen LogP contribution < -0.4 is 11.5 Å². The molecule has 3 fully saturated rings. The Labute approximate surface area is 245 Å². The van der Waals surface area contributed by atoms with E-state index in [1.807, 2.05) is 0 Å². The zero-order valence-corrected chi connectivity index (χ0v) is 24.1. The van der Waals surface area contributed by atoms with Gasteiger partial charge in [-0.2, -0.15) is 0 Å². The molecule has 0 saturated carbocycles. The molecule has 10 atom stereocenters. The Morgan fingerprint density at radius 2 is 1.51 bits per heavy atom. The smallest absolute Gasteiger partial charge is 0.385 e. The fourth-order valence-corrected chi connectivity index (χ4v) is 7.35. The van der Waals surface area contributed by atoms with Crippen molar-refractivity contribution < 1.29 is 46.5 Å². The van der Waals surface area contributed by atoms with Gasteiger partial charge in [0.2, 0.25) is 0 Å². The third-order valence-electron chi connectivity index (χ3n) is 7.11. The van der Waals surface area contributed by atoms with Crippen LogP contribution in [0, 0.1) is 0 Å². The maximum atomic E-state index is 15.9. The molecule has 0 radical (unpaired) electrons. The van der Waals surface area contributed by atoms with Gasteiger partial charge in [-0.25, -0.2) is 34.3 Å². The second-order valence-electron chi connectivity index (χ2n) is 9.65. The lowest BCUT2D eigenvalue weighted by atomic mass is 10.1. The first kappa shape index (κ1) is 28.8. The molecule has 6 N–H and O–H groups in total. The van der Waals surface area contributed by atoms with Crippen LogP contribution in [-0.4, -0.2) is 98.9 Å². The first-order valence-electron chi connectivity index (χ1n) is 12.5. The fourth-order valence-electron chi connectivity index (χ4n) is 5.12. The number of nitrogens with two attached hydrogens (primary N) is 2. The predicted octanol–water partition coefficient (Wildman–Crippen LogP) is 0.0158. The van der Waals surface area contributed by atoms with Crippen LogP contribution in [0.3, 0.4) is 0 Å². The van der Waals surface area contributed by atoms with Gasteiger partial charge < -0.3 is 35.5 Å². The largest absolute Gasteiger partial charge is 0.697 e. The average molecular weight is 659 g/mol. The second kappa shape index (κ2) is 10.9. The molecule has 2 unspecified atom stereocenters. The van der Waals surface area contributed by atoms with Crippen molar-refractivity contribution in [1.29, 1.82) is 0 Å². The maximum Gasteiger partial charge on any atom is 0.697 e. The van der Waals surface area contributed by atoms with Crippen LogP contribution in [0.2, 0.25) is 0 Å². The van der Waals surface area contributed by atoms with Crippen LogP contribution in [0.4, 0.5) is 16.0 Å². The van der Waals surface area contributed by atoms with Gasteiger partial charge in [-0.05, 0) is 11.8 Å². The van der Waals surface area contributed by atoms with Crippen LogP contribution in [0.25, 0.3) is 22.3 Å². The number of aliphatic hydroxyl groups is 1. The number of ether oxygens (including phenoxy) is 2. The van der Waals surface area contributed by atoms with Crippen LogP contribution in [0.1, 0.15) is 12.5 Å². The Balaban J connectivity index is 1.14. The number of alkyl halides is 1. The molecule has 0 aromatic carbocycles. The average Bonchev–Trinajstić information content (AvgIpc) is 3.73. The van der Waals surface area contributed by atoms with Gasteiger partial charge in [-0.1, -0.05) is 0 Å². The number of rotatable bonds is 2. The Morgan fingerprint density at radius 1 is 0.930 bits per heavy atom. The van der Waals surface area contributed by atoms with E-state index in [1.165, 1.54) is 34.4 Å². The molecule has 0 spiro atoms. The second-order valence-corrected chi connectivity index (χ2v) is 13.4. The van der Waals surface area contributed by atoms with Gasteiger partial charge in [0, 0.05) is 4.57 Å². The van der Waals surface area contributed by atoms with Gasteiger partial charge in [0.05, 0.1) is 19.3 Å². The minimum Gasteiger partial charge on any atom is -0.385 e. The van der Waals surface area contributed by atoms with Gasteiger partial charge >= 0.3 is 15.0 Å². The molecular weight excluding hydrogens is 637 g/mol. The van der Waals surface area contributed by atoms with Gasteiger partial charge in [-0.15, -0.1) is 9.05 Å². The summed E-state index contributed by atoms with van der Waals surface area (Å²) in [5, 5.41) is 11.1. The number of fused-ring (bicyclic) bond motifs is 4. The molecule has 0 bridgehead atoms. The van der Waals surface area contributed by atoms with Crippen molar-refractivity contribution >= 4 is 60.7 Å². The third kappa shape index (κ3) is 5.05. The zero-order chi connectivity index (χ0) is 30.0. The van der Waals surface area contributed by atoms with Crippen molar-refractivity contribution in [2.75, 3.05) is 24.7 Å². The van der Waals surface area contributed by atoms with Crippen molar-refractivity contribution in [2.45, 2.75) is 49.1 Å². The molecule has 43 heavy (non-hydrogen) atoms. The van der Waals surface area contributed by atoms with Gasteiger partial charge in [0.25, 0.3) is 0 Å². The summed E-state index contributed by atoms with van der Waals surface area (Å²) in [5.74, 6) is 0.184. The van der Waals surface area contributed by atoms with Gasteiger partial charge in [0.15, 0.2) is 47.7 Å². The molecule has 23 heteroatoms. The standard InChI is InChI=1S/C20H21FN10O9P2S/c21-9-13-7(37-19(9)30-5-28-10-15(22)24-3-26-17(10)30)1-35-41(33)39-14-8(2-36-42(34,43)40-13)38-20(12(14)32)31-6-29-11-16(23)25-4-27-18(11)31/h3-9,12-14,19-20,32H,1-2H2,(H4-,22,23,24,25,26,27,34,43)/p+1/t7-,8-,9-,12-,13-,14-,19-,20-,42?/m1/s1. The summed E-state index contributed by atoms with van der Waals surface area (Å²) in [6.45, 7) is -5.19. The lowest BCUT2D eigenvalue weighted by molar-refractivity contribution is -0.0570. The van der Waals surface area contributed by atoms with Crippen molar-refractivity contribution in [3.05, 3.63) is 25.3 Å². The molecule has 19 nitrogen and oxygen atoms in total. The van der Waals surface area contributed by atoms with Crippen molar-refractivity contribution in [1.82, 2.24) is 39.0 Å². The molecule has 3 saturated heterocycles. The predicted molar refractivity (Wildman–Crippen MR) is 144 cm³/mol. The monoisotopic (exact) mass is 659 g/mol. The molecule has 3 aliphatic rings. The summed E-state index contributed by atoms with van der Waals surface area (Å²) in [6.07, 6.45) is -6.17. The summed E-state index contributed by atoms with van der Waals surface area (Å²) in [6, 6.07) is 0. The molecule has 7 rings (SSSR count). The summed E-state index contributed by atoms with van der Waals surface area (Å²) in [4.78, 5) is 35.2. The summed E-state index contributed by atoms with van der Waals surface area (Å²) < 4.78 is 65.2. The number of hydrogen-bond acceptors (Lipinski definition) is 17. The number of nitrogen functional groups attached to an aromatic ring is 2.